The molecule has 1 heterocycles. The SMILES string of the molecule is CCCCc1c(C(=O)O)cnn1-c1ccccc1F. The summed E-state index contributed by atoms with van der Waals surface area (Å²) in [6.07, 6.45) is 3.61. The number of aromatic nitrogens is 2. The van der Waals surface area contributed by atoms with Crippen LogP contribution in [0.25, 0.3) is 5.69 Å². The van der Waals surface area contributed by atoms with Gasteiger partial charge in [0.15, 0.2) is 0 Å². The van der Waals surface area contributed by atoms with Crippen LogP contribution >= 0.6 is 0 Å². The van der Waals surface area contributed by atoms with Crippen molar-refractivity contribution in [3.8, 4) is 5.69 Å². The second-order valence-electron chi connectivity index (χ2n) is 4.28. The van der Waals surface area contributed by atoms with Crippen LogP contribution in [0.2, 0.25) is 0 Å². The summed E-state index contributed by atoms with van der Waals surface area (Å²) >= 11 is 0. The van der Waals surface area contributed by atoms with E-state index in [9.17, 15) is 9.18 Å². The fraction of sp³-hybridized carbons (Fsp3) is 0.286. The van der Waals surface area contributed by atoms with Crippen LogP contribution in [0.1, 0.15) is 35.8 Å². The maximum atomic E-state index is 13.8. The molecule has 0 atom stereocenters. The summed E-state index contributed by atoms with van der Waals surface area (Å²) < 4.78 is 15.2. The second kappa shape index (κ2) is 5.65. The smallest absolute Gasteiger partial charge is 0.339 e. The maximum Gasteiger partial charge on any atom is 0.339 e. The largest absolute Gasteiger partial charge is 0.478 e. The third-order valence-electron chi connectivity index (χ3n) is 2.95. The fourth-order valence-corrected chi connectivity index (χ4v) is 1.97. The lowest BCUT2D eigenvalue weighted by Gasteiger charge is -2.09. The molecule has 0 radical (unpaired) electrons. The number of hydrogen-bond donors (Lipinski definition) is 1. The Balaban J connectivity index is 2.51. The first-order valence-corrected chi connectivity index (χ1v) is 6.20. The molecule has 0 aliphatic heterocycles. The van der Waals surface area contributed by atoms with E-state index in [2.05, 4.69) is 5.10 Å². The van der Waals surface area contributed by atoms with Gasteiger partial charge in [-0.2, -0.15) is 5.10 Å². The van der Waals surface area contributed by atoms with Gasteiger partial charge in [-0.1, -0.05) is 25.5 Å². The van der Waals surface area contributed by atoms with Crippen LogP contribution in [-0.4, -0.2) is 20.9 Å². The number of hydrogen-bond acceptors (Lipinski definition) is 2. The van der Waals surface area contributed by atoms with Gasteiger partial charge >= 0.3 is 5.97 Å². The van der Waals surface area contributed by atoms with Gasteiger partial charge in [-0.05, 0) is 25.0 Å². The van der Waals surface area contributed by atoms with E-state index in [-0.39, 0.29) is 11.3 Å². The van der Waals surface area contributed by atoms with Crippen LogP contribution in [0, 0.1) is 5.82 Å². The Kier molecular flexibility index (Phi) is 3.94. The molecule has 100 valence electrons. The van der Waals surface area contributed by atoms with E-state index in [0.29, 0.717) is 12.1 Å². The Morgan fingerprint density at radius 3 is 2.79 bits per heavy atom. The molecule has 0 spiro atoms. The molecular weight excluding hydrogens is 247 g/mol. The summed E-state index contributed by atoms with van der Waals surface area (Å²) in [5, 5.41) is 13.2. The molecule has 1 N–H and O–H groups in total. The third kappa shape index (κ3) is 2.65. The van der Waals surface area contributed by atoms with Gasteiger partial charge in [0.25, 0.3) is 0 Å². The number of para-hydroxylation sites is 1. The second-order valence-corrected chi connectivity index (χ2v) is 4.28. The first-order chi connectivity index (χ1) is 9.15. The number of carboxylic acid groups (broad SMARTS) is 1. The lowest BCUT2D eigenvalue weighted by molar-refractivity contribution is 0.0695. The predicted molar refractivity (Wildman–Crippen MR) is 69.1 cm³/mol. The molecule has 0 fully saturated rings. The van der Waals surface area contributed by atoms with Gasteiger partial charge in [0.1, 0.15) is 17.1 Å². The minimum absolute atomic E-state index is 0.136. The maximum absolute atomic E-state index is 13.8. The van der Waals surface area contributed by atoms with E-state index in [1.807, 2.05) is 6.92 Å². The Labute approximate surface area is 110 Å². The van der Waals surface area contributed by atoms with Crippen molar-refractivity contribution in [2.24, 2.45) is 0 Å². The van der Waals surface area contributed by atoms with Crippen LogP contribution in [0.5, 0.6) is 0 Å². The highest BCUT2D eigenvalue weighted by Gasteiger charge is 2.18. The number of carbonyl (C=O) groups is 1. The van der Waals surface area contributed by atoms with Gasteiger partial charge in [0.2, 0.25) is 0 Å². The fourth-order valence-electron chi connectivity index (χ4n) is 1.97. The van der Waals surface area contributed by atoms with Crippen LogP contribution in [0.3, 0.4) is 0 Å². The number of aromatic carboxylic acids is 1. The van der Waals surface area contributed by atoms with Gasteiger partial charge in [-0.15, -0.1) is 0 Å². The Morgan fingerprint density at radius 2 is 2.16 bits per heavy atom. The predicted octanol–water partition coefficient (Wildman–Crippen LogP) is 3.05. The van der Waals surface area contributed by atoms with Crippen molar-refractivity contribution >= 4 is 5.97 Å². The summed E-state index contributed by atoms with van der Waals surface area (Å²) in [5.41, 5.74) is 0.956. The quantitative estimate of drug-likeness (QED) is 0.901. The molecule has 0 saturated heterocycles. The zero-order valence-corrected chi connectivity index (χ0v) is 10.6. The van der Waals surface area contributed by atoms with E-state index in [1.54, 1.807) is 18.2 Å². The van der Waals surface area contributed by atoms with E-state index < -0.39 is 11.8 Å². The molecule has 5 heteroatoms. The topological polar surface area (TPSA) is 55.1 Å². The van der Waals surface area contributed by atoms with Crippen molar-refractivity contribution in [3.05, 3.63) is 47.5 Å². The molecule has 2 aromatic rings. The summed E-state index contributed by atoms with van der Waals surface area (Å²) in [7, 11) is 0. The zero-order chi connectivity index (χ0) is 13.8. The molecule has 0 unspecified atom stereocenters. The van der Waals surface area contributed by atoms with Gasteiger partial charge in [-0.25, -0.2) is 13.9 Å². The van der Waals surface area contributed by atoms with Gasteiger partial charge in [0, 0.05) is 0 Å². The average molecular weight is 262 g/mol. The lowest BCUT2D eigenvalue weighted by atomic mass is 10.1. The normalized spacial score (nSPS) is 10.6. The molecule has 0 aliphatic carbocycles. The molecule has 2 rings (SSSR count). The average Bonchev–Trinajstić information content (AvgIpc) is 2.80. The number of benzene rings is 1. The minimum atomic E-state index is -1.03. The first kappa shape index (κ1) is 13.3. The molecule has 1 aromatic carbocycles. The lowest BCUT2D eigenvalue weighted by Crippen LogP contribution is -2.08. The van der Waals surface area contributed by atoms with E-state index >= 15 is 0 Å². The molecule has 0 saturated carbocycles. The number of carboxylic acids is 1. The zero-order valence-electron chi connectivity index (χ0n) is 10.6. The highest BCUT2D eigenvalue weighted by Crippen LogP contribution is 2.19. The van der Waals surface area contributed by atoms with Crippen LogP contribution < -0.4 is 0 Å². The van der Waals surface area contributed by atoms with E-state index in [4.69, 9.17) is 5.11 Å². The molecule has 0 amide bonds. The van der Waals surface area contributed by atoms with Crippen molar-refractivity contribution in [2.45, 2.75) is 26.2 Å². The summed E-state index contributed by atoms with van der Waals surface area (Å²) in [5.74, 6) is -1.45. The minimum Gasteiger partial charge on any atom is -0.478 e. The molecule has 4 nitrogen and oxygen atoms in total. The van der Waals surface area contributed by atoms with E-state index in [1.165, 1.54) is 16.9 Å². The van der Waals surface area contributed by atoms with Gasteiger partial charge < -0.3 is 5.11 Å². The molecule has 0 aliphatic rings. The van der Waals surface area contributed by atoms with Crippen molar-refractivity contribution in [3.63, 3.8) is 0 Å². The molecular formula is C14H15FN2O2. The van der Waals surface area contributed by atoms with Crippen molar-refractivity contribution in [2.75, 3.05) is 0 Å². The Bertz CT molecular complexity index is 593. The van der Waals surface area contributed by atoms with Crippen LogP contribution in [0.4, 0.5) is 4.39 Å². The highest BCUT2D eigenvalue weighted by atomic mass is 19.1. The third-order valence-corrected chi connectivity index (χ3v) is 2.95. The van der Waals surface area contributed by atoms with Crippen molar-refractivity contribution < 1.29 is 14.3 Å². The summed E-state index contributed by atoms with van der Waals surface area (Å²) in [6, 6.07) is 6.21. The van der Waals surface area contributed by atoms with E-state index in [0.717, 1.165) is 12.8 Å². The van der Waals surface area contributed by atoms with Gasteiger partial charge in [0.05, 0.1) is 11.9 Å². The molecule has 1 aromatic heterocycles. The monoisotopic (exact) mass is 262 g/mol. The number of rotatable bonds is 5. The highest BCUT2D eigenvalue weighted by molar-refractivity contribution is 5.88. The molecule has 0 bridgehead atoms. The first-order valence-electron chi connectivity index (χ1n) is 6.20. The number of unbranched alkanes of at least 4 members (excludes halogenated alkanes) is 1. The summed E-state index contributed by atoms with van der Waals surface area (Å²) in [4.78, 5) is 11.2. The standard InChI is InChI=1S/C14H15FN2O2/c1-2-3-7-12-10(14(18)19)9-16-17(12)13-8-5-4-6-11(13)15/h4-6,8-9H,2-3,7H2,1H3,(H,18,19). The Hall–Kier alpha value is -2.17. The van der Waals surface area contributed by atoms with Crippen molar-refractivity contribution in [1.82, 2.24) is 9.78 Å². The van der Waals surface area contributed by atoms with Crippen LogP contribution in [0.15, 0.2) is 30.5 Å². The van der Waals surface area contributed by atoms with Crippen molar-refractivity contribution in [1.29, 1.82) is 0 Å². The molecule has 19 heavy (non-hydrogen) atoms. The van der Waals surface area contributed by atoms with Gasteiger partial charge in [-0.3, -0.25) is 0 Å². The van der Waals surface area contributed by atoms with Crippen LogP contribution in [-0.2, 0) is 6.42 Å². The summed E-state index contributed by atoms with van der Waals surface area (Å²) in [6.45, 7) is 2.02. The Morgan fingerprint density at radius 1 is 1.42 bits per heavy atom. The number of halogens is 1. The number of nitrogens with zero attached hydrogens (tertiary/aromatic N) is 2.